The molecule has 2 N–H and O–H groups in total. The number of aliphatic hydroxyl groups excluding tert-OH is 1. The Bertz CT molecular complexity index is 1250. The van der Waals surface area contributed by atoms with Crippen molar-refractivity contribution in [2.45, 2.75) is 122 Å². The summed E-state index contributed by atoms with van der Waals surface area (Å²) in [5, 5.41) is 22.0. The van der Waals surface area contributed by atoms with Gasteiger partial charge in [0.05, 0.1) is 24.4 Å². The molecule has 42 heavy (non-hydrogen) atoms. The lowest BCUT2D eigenvalue weighted by atomic mass is 9.42. The molecule has 10 heteroatoms. The van der Waals surface area contributed by atoms with E-state index in [4.69, 9.17) is 23.7 Å². The molecule has 3 heterocycles. The third-order valence-electron chi connectivity index (χ3n) is 13.1. The Morgan fingerprint density at radius 2 is 1.79 bits per heavy atom. The van der Waals surface area contributed by atoms with Crippen LogP contribution in [-0.2, 0) is 38.1 Å². The fourth-order valence-electron chi connectivity index (χ4n) is 11.0. The van der Waals surface area contributed by atoms with E-state index in [1.54, 1.807) is 0 Å². The molecule has 0 aromatic rings. The third-order valence-corrected chi connectivity index (χ3v) is 13.1. The molecule has 7 rings (SSSR count). The van der Waals surface area contributed by atoms with Gasteiger partial charge < -0.3 is 33.9 Å². The highest BCUT2D eigenvalue weighted by molar-refractivity contribution is 5.90. The molecule has 0 bridgehead atoms. The Hall–Kier alpha value is -2.01. The molecule has 2 saturated heterocycles. The number of hydrogen-bond donors (Lipinski definition) is 2. The molecule has 10 nitrogen and oxygen atoms in total. The first-order chi connectivity index (χ1) is 19.8. The minimum Gasteiger partial charge on any atom is -0.462 e. The molecule has 0 aromatic heterocycles. The van der Waals surface area contributed by atoms with Gasteiger partial charge in [0.15, 0.2) is 0 Å². The second-order valence-electron chi connectivity index (χ2n) is 14.7. The Morgan fingerprint density at radius 3 is 2.43 bits per heavy atom. The van der Waals surface area contributed by atoms with E-state index in [1.165, 1.54) is 13.8 Å². The summed E-state index contributed by atoms with van der Waals surface area (Å²) in [7, 11) is 0. The van der Waals surface area contributed by atoms with Crippen LogP contribution in [0, 0.1) is 40.4 Å². The van der Waals surface area contributed by atoms with Crippen LogP contribution in [0.2, 0.25) is 0 Å². The van der Waals surface area contributed by atoms with E-state index in [0.717, 1.165) is 18.4 Å². The van der Waals surface area contributed by atoms with Gasteiger partial charge in [-0.15, -0.1) is 0 Å². The number of epoxide rings is 2. The van der Waals surface area contributed by atoms with Crippen molar-refractivity contribution >= 4 is 17.9 Å². The molecule has 0 amide bonds. The molecular formula is C32H44O10. The summed E-state index contributed by atoms with van der Waals surface area (Å²) in [6.45, 7) is 10.8. The Balaban J connectivity index is 1.26. The van der Waals surface area contributed by atoms with Gasteiger partial charge in [0.1, 0.15) is 36.1 Å². The van der Waals surface area contributed by atoms with Gasteiger partial charge in [-0.1, -0.05) is 26.3 Å². The SMILES string of the molecule is CC(=O)OC1CC2C(C3OC3C3(O)CC4OC4C(OC(C)=O)C23C)C2CCC(C(C)C3CC(C)=C(CO)C(=O)O3)C12C. The van der Waals surface area contributed by atoms with Crippen molar-refractivity contribution in [3.05, 3.63) is 11.1 Å². The lowest BCUT2D eigenvalue weighted by Crippen LogP contribution is -2.72. The maximum atomic E-state index is 12.7. The predicted octanol–water partition coefficient (Wildman–Crippen LogP) is 2.47. The van der Waals surface area contributed by atoms with Crippen molar-refractivity contribution in [1.82, 2.24) is 0 Å². The van der Waals surface area contributed by atoms with E-state index in [-0.39, 0.29) is 72.7 Å². The van der Waals surface area contributed by atoms with Crippen LogP contribution in [0.5, 0.6) is 0 Å². The van der Waals surface area contributed by atoms with Gasteiger partial charge in [0.25, 0.3) is 0 Å². The van der Waals surface area contributed by atoms with Gasteiger partial charge in [0, 0.05) is 37.5 Å². The molecular weight excluding hydrogens is 544 g/mol. The number of carbonyl (C=O) groups is 3. The van der Waals surface area contributed by atoms with E-state index >= 15 is 0 Å². The number of ether oxygens (including phenoxy) is 5. The van der Waals surface area contributed by atoms with E-state index in [9.17, 15) is 24.6 Å². The standard InChI is InChI=1S/C32H44O10/c1-13-9-21(41-29(36)17(13)12-33)14(2)18-7-8-19-24-20(10-23(30(18,19)5)38-15(3)34)31(6)27(39-16(4)35)25-22(40-25)11-32(31,37)28-26(24)42-28/h14,18-28,33,37H,7-12H2,1-6H3. The molecule has 6 fully saturated rings. The highest BCUT2D eigenvalue weighted by atomic mass is 16.6. The predicted molar refractivity (Wildman–Crippen MR) is 145 cm³/mol. The topological polar surface area (TPSA) is 144 Å². The fourth-order valence-corrected chi connectivity index (χ4v) is 11.0. The summed E-state index contributed by atoms with van der Waals surface area (Å²) in [5.41, 5.74) is -1.29. The van der Waals surface area contributed by atoms with Gasteiger partial charge in [-0.3, -0.25) is 9.59 Å². The average molecular weight is 589 g/mol. The molecule has 4 saturated carbocycles. The Labute approximate surface area is 246 Å². The Kier molecular flexibility index (Phi) is 6.33. The van der Waals surface area contributed by atoms with Crippen LogP contribution in [0.1, 0.15) is 73.6 Å². The zero-order valence-corrected chi connectivity index (χ0v) is 25.3. The molecule has 4 aliphatic carbocycles. The average Bonchev–Trinajstić information content (AvgIpc) is 3.82. The first-order valence-corrected chi connectivity index (χ1v) is 15.7. The van der Waals surface area contributed by atoms with Crippen molar-refractivity contribution < 1.29 is 48.3 Å². The van der Waals surface area contributed by atoms with Crippen LogP contribution in [0.25, 0.3) is 0 Å². The minimum absolute atomic E-state index is 0.00937. The number of esters is 3. The molecule has 232 valence electrons. The van der Waals surface area contributed by atoms with Crippen molar-refractivity contribution in [2.24, 2.45) is 40.4 Å². The van der Waals surface area contributed by atoms with Gasteiger partial charge >= 0.3 is 17.9 Å². The third kappa shape index (κ3) is 3.67. The molecule has 15 atom stereocenters. The van der Waals surface area contributed by atoms with E-state index in [2.05, 4.69) is 13.8 Å². The quantitative estimate of drug-likeness (QED) is 0.279. The maximum Gasteiger partial charge on any atom is 0.336 e. The first kappa shape index (κ1) is 28.7. The largest absolute Gasteiger partial charge is 0.462 e. The van der Waals surface area contributed by atoms with Gasteiger partial charge in [0.2, 0.25) is 0 Å². The van der Waals surface area contributed by atoms with Crippen molar-refractivity contribution in [3.63, 3.8) is 0 Å². The van der Waals surface area contributed by atoms with E-state index in [1.807, 2.05) is 13.8 Å². The fraction of sp³-hybridized carbons (Fsp3) is 0.844. The van der Waals surface area contributed by atoms with Crippen LogP contribution < -0.4 is 0 Å². The van der Waals surface area contributed by atoms with Crippen molar-refractivity contribution in [2.75, 3.05) is 6.61 Å². The van der Waals surface area contributed by atoms with E-state index < -0.39 is 40.6 Å². The lowest BCUT2D eigenvalue weighted by molar-refractivity contribution is -0.250. The number of cyclic esters (lactones) is 1. The molecule has 15 unspecified atom stereocenters. The minimum atomic E-state index is -1.22. The summed E-state index contributed by atoms with van der Waals surface area (Å²) in [5.74, 6) is -1.03. The summed E-state index contributed by atoms with van der Waals surface area (Å²) < 4.78 is 30.4. The maximum absolute atomic E-state index is 12.7. The zero-order chi connectivity index (χ0) is 30.1. The highest BCUT2D eigenvalue weighted by Gasteiger charge is 2.83. The van der Waals surface area contributed by atoms with Gasteiger partial charge in [-0.2, -0.15) is 0 Å². The zero-order valence-electron chi connectivity index (χ0n) is 25.3. The van der Waals surface area contributed by atoms with Gasteiger partial charge in [-0.25, -0.2) is 4.79 Å². The smallest absolute Gasteiger partial charge is 0.336 e. The normalized spacial score (nSPS) is 52.5. The number of rotatable bonds is 5. The highest BCUT2D eigenvalue weighted by Crippen LogP contribution is 2.74. The number of carbonyl (C=O) groups excluding carboxylic acids is 3. The molecule has 0 spiro atoms. The van der Waals surface area contributed by atoms with Crippen LogP contribution in [-0.4, -0.2) is 83.1 Å². The summed E-state index contributed by atoms with van der Waals surface area (Å²) >= 11 is 0. The van der Waals surface area contributed by atoms with Gasteiger partial charge in [-0.05, 0) is 55.8 Å². The lowest BCUT2D eigenvalue weighted by Gasteiger charge is -2.64. The summed E-state index contributed by atoms with van der Waals surface area (Å²) in [6.07, 6.45) is 0.998. The molecule has 3 aliphatic heterocycles. The van der Waals surface area contributed by atoms with E-state index in [0.29, 0.717) is 24.8 Å². The number of hydrogen-bond acceptors (Lipinski definition) is 10. The molecule has 7 aliphatic rings. The molecule has 0 aromatic carbocycles. The monoisotopic (exact) mass is 588 g/mol. The molecule has 0 radical (unpaired) electrons. The first-order valence-electron chi connectivity index (χ1n) is 15.7. The van der Waals surface area contributed by atoms with Crippen LogP contribution in [0.15, 0.2) is 11.1 Å². The van der Waals surface area contributed by atoms with Crippen molar-refractivity contribution in [3.8, 4) is 0 Å². The van der Waals surface area contributed by atoms with Crippen LogP contribution >= 0.6 is 0 Å². The second kappa shape index (κ2) is 9.25. The van der Waals surface area contributed by atoms with Crippen molar-refractivity contribution in [1.29, 1.82) is 0 Å². The summed E-state index contributed by atoms with van der Waals surface area (Å²) in [6, 6.07) is 0. The number of aliphatic hydroxyl groups is 2. The van der Waals surface area contributed by atoms with Crippen LogP contribution in [0.4, 0.5) is 0 Å². The second-order valence-corrected chi connectivity index (χ2v) is 14.7. The van der Waals surface area contributed by atoms with Crippen LogP contribution in [0.3, 0.4) is 0 Å². The number of fused-ring (bicyclic) bond motifs is 9. The Morgan fingerprint density at radius 1 is 1.07 bits per heavy atom. The summed E-state index contributed by atoms with van der Waals surface area (Å²) in [4.78, 5) is 37.7.